The van der Waals surface area contributed by atoms with E-state index in [9.17, 15) is 0 Å². The van der Waals surface area contributed by atoms with E-state index in [4.69, 9.17) is 5.73 Å². The van der Waals surface area contributed by atoms with Crippen molar-refractivity contribution in [3.63, 3.8) is 0 Å². The lowest BCUT2D eigenvalue weighted by atomic mass is 10.2. The fraction of sp³-hybridized carbons (Fsp3) is 0.0769. The van der Waals surface area contributed by atoms with Gasteiger partial charge < -0.3 is 5.73 Å². The molecule has 0 amide bonds. The molecular weight excluding hydrogens is 226 g/mol. The van der Waals surface area contributed by atoms with Crippen LogP contribution >= 0.6 is 0 Å². The summed E-state index contributed by atoms with van der Waals surface area (Å²) in [5.41, 5.74) is 7.25. The molecule has 2 aromatic heterocycles. The van der Waals surface area contributed by atoms with E-state index in [0.717, 1.165) is 11.1 Å². The largest absolute Gasteiger partial charge is 0.390 e. The molecule has 18 heavy (non-hydrogen) atoms. The fourth-order valence-corrected chi connectivity index (χ4v) is 1.43. The fourth-order valence-electron chi connectivity index (χ4n) is 1.43. The monoisotopic (exact) mass is 239 g/mol. The molecule has 1 unspecified atom stereocenters. The number of aromatic nitrogens is 2. The van der Waals surface area contributed by atoms with Crippen LogP contribution in [0.1, 0.15) is 17.3 Å². The average molecular weight is 239 g/mol. The van der Waals surface area contributed by atoms with Crippen LogP contribution < -0.4 is 5.73 Å². The summed E-state index contributed by atoms with van der Waals surface area (Å²) in [6.45, 7) is 0. The second-order valence-electron chi connectivity index (χ2n) is 3.51. The van der Waals surface area contributed by atoms with Crippen molar-refractivity contribution in [2.75, 3.05) is 0 Å². The van der Waals surface area contributed by atoms with E-state index < -0.39 is 0 Å². The van der Waals surface area contributed by atoms with Crippen LogP contribution in [-0.4, -0.2) is 22.5 Å². The summed E-state index contributed by atoms with van der Waals surface area (Å²) < 4.78 is 0. The van der Waals surface area contributed by atoms with Crippen molar-refractivity contribution in [1.29, 1.82) is 0 Å². The zero-order chi connectivity index (χ0) is 12.6. The van der Waals surface area contributed by atoms with Gasteiger partial charge >= 0.3 is 0 Å². The standard InChI is InChI=1S/C13H13N5/c14-10-18-13(12-3-7-16-8-4-12)17-9-11-1-5-15-6-2-11/h1-10,13H,(H2,14,18). The van der Waals surface area contributed by atoms with Gasteiger partial charge in [-0.2, -0.15) is 0 Å². The number of rotatable bonds is 4. The van der Waals surface area contributed by atoms with Crippen molar-refractivity contribution in [2.24, 2.45) is 15.7 Å². The zero-order valence-corrected chi connectivity index (χ0v) is 9.72. The van der Waals surface area contributed by atoms with Gasteiger partial charge in [-0.25, -0.2) is 4.99 Å². The highest BCUT2D eigenvalue weighted by molar-refractivity contribution is 5.79. The van der Waals surface area contributed by atoms with Crippen molar-refractivity contribution >= 4 is 12.6 Å². The summed E-state index contributed by atoms with van der Waals surface area (Å²) in [7, 11) is 0. The molecule has 5 nitrogen and oxygen atoms in total. The molecular formula is C13H13N5. The van der Waals surface area contributed by atoms with Crippen LogP contribution in [0.25, 0.3) is 0 Å². The maximum atomic E-state index is 5.34. The number of nitrogens with zero attached hydrogens (tertiary/aromatic N) is 4. The van der Waals surface area contributed by atoms with Gasteiger partial charge in [-0.3, -0.25) is 15.0 Å². The molecule has 0 radical (unpaired) electrons. The Kier molecular flexibility index (Phi) is 4.13. The van der Waals surface area contributed by atoms with Crippen LogP contribution in [0.2, 0.25) is 0 Å². The summed E-state index contributed by atoms with van der Waals surface area (Å²) in [5.74, 6) is 0. The summed E-state index contributed by atoms with van der Waals surface area (Å²) in [6, 6.07) is 7.47. The van der Waals surface area contributed by atoms with Gasteiger partial charge in [-0.15, -0.1) is 0 Å². The molecule has 0 aliphatic carbocycles. The maximum Gasteiger partial charge on any atom is 0.166 e. The van der Waals surface area contributed by atoms with Crippen LogP contribution in [0, 0.1) is 0 Å². The molecule has 0 bridgehead atoms. The van der Waals surface area contributed by atoms with E-state index >= 15 is 0 Å². The quantitative estimate of drug-likeness (QED) is 0.650. The smallest absolute Gasteiger partial charge is 0.166 e. The Morgan fingerprint density at radius 3 is 2.17 bits per heavy atom. The third-order valence-electron chi connectivity index (χ3n) is 2.30. The van der Waals surface area contributed by atoms with Crippen molar-refractivity contribution in [1.82, 2.24) is 9.97 Å². The van der Waals surface area contributed by atoms with E-state index in [1.54, 1.807) is 31.0 Å². The highest BCUT2D eigenvalue weighted by Gasteiger charge is 2.05. The third-order valence-corrected chi connectivity index (χ3v) is 2.30. The lowest BCUT2D eigenvalue weighted by molar-refractivity contribution is 0.783. The highest BCUT2D eigenvalue weighted by Crippen LogP contribution is 2.17. The van der Waals surface area contributed by atoms with E-state index in [0.29, 0.717) is 0 Å². The molecule has 1 atom stereocenters. The molecule has 0 aliphatic rings. The van der Waals surface area contributed by atoms with Crippen molar-refractivity contribution in [2.45, 2.75) is 6.17 Å². The molecule has 2 heterocycles. The Hall–Kier alpha value is -2.56. The molecule has 5 heteroatoms. The van der Waals surface area contributed by atoms with Gasteiger partial charge in [0.05, 0.1) is 6.34 Å². The number of hydrogen-bond acceptors (Lipinski definition) is 4. The van der Waals surface area contributed by atoms with E-state index in [2.05, 4.69) is 20.0 Å². The molecule has 0 saturated carbocycles. The van der Waals surface area contributed by atoms with Crippen LogP contribution in [0.5, 0.6) is 0 Å². The van der Waals surface area contributed by atoms with Crippen LogP contribution in [0.3, 0.4) is 0 Å². The first-order valence-corrected chi connectivity index (χ1v) is 5.46. The molecule has 0 aromatic carbocycles. The Labute approximate surface area is 105 Å². The maximum absolute atomic E-state index is 5.34. The summed E-state index contributed by atoms with van der Waals surface area (Å²) in [4.78, 5) is 16.4. The first kappa shape index (κ1) is 11.9. The molecule has 0 fully saturated rings. The van der Waals surface area contributed by atoms with E-state index in [1.807, 2.05) is 24.3 Å². The topological polar surface area (TPSA) is 76.5 Å². The van der Waals surface area contributed by atoms with Gasteiger partial charge in [0.1, 0.15) is 0 Å². The lowest BCUT2D eigenvalue weighted by Crippen LogP contribution is -1.98. The van der Waals surface area contributed by atoms with Gasteiger partial charge in [0.25, 0.3) is 0 Å². The summed E-state index contributed by atoms with van der Waals surface area (Å²) in [6.07, 6.45) is 9.51. The van der Waals surface area contributed by atoms with E-state index in [1.165, 1.54) is 6.34 Å². The molecule has 0 spiro atoms. The Bertz CT molecular complexity index is 522. The number of aliphatic imine (C=N–C) groups is 2. The first-order chi connectivity index (χ1) is 8.90. The van der Waals surface area contributed by atoms with Gasteiger partial charge in [0.2, 0.25) is 0 Å². The number of pyridine rings is 2. The zero-order valence-electron chi connectivity index (χ0n) is 9.72. The van der Waals surface area contributed by atoms with Crippen molar-refractivity contribution in [3.8, 4) is 0 Å². The molecule has 2 rings (SSSR count). The normalized spacial score (nSPS) is 13.1. The summed E-state index contributed by atoms with van der Waals surface area (Å²) >= 11 is 0. The van der Waals surface area contributed by atoms with Gasteiger partial charge in [-0.1, -0.05) is 0 Å². The van der Waals surface area contributed by atoms with Crippen molar-refractivity contribution < 1.29 is 0 Å². The van der Waals surface area contributed by atoms with Gasteiger partial charge in [0, 0.05) is 36.6 Å². The number of hydrogen-bond donors (Lipinski definition) is 1. The number of nitrogens with two attached hydrogens (primary N) is 1. The Morgan fingerprint density at radius 1 is 0.944 bits per heavy atom. The molecule has 0 aliphatic heterocycles. The Morgan fingerprint density at radius 2 is 1.56 bits per heavy atom. The predicted octanol–water partition coefficient (Wildman–Crippen LogP) is 1.58. The van der Waals surface area contributed by atoms with Crippen LogP contribution in [0.15, 0.2) is 59.0 Å². The second kappa shape index (κ2) is 6.24. The SMILES string of the molecule is NC=NC(N=Cc1ccncc1)c1ccncc1. The lowest BCUT2D eigenvalue weighted by Gasteiger charge is -2.06. The van der Waals surface area contributed by atoms with Crippen LogP contribution in [-0.2, 0) is 0 Å². The third kappa shape index (κ3) is 3.21. The highest BCUT2D eigenvalue weighted by atomic mass is 15.0. The van der Waals surface area contributed by atoms with Gasteiger partial charge in [-0.05, 0) is 29.8 Å². The molecule has 0 saturated heterocycles. The minimum atomic E-state index is -0.342. The minimum Gasteiger partial charge on any atom is -0.390 e. The van der Waals surface area contributed by atoms with Crippen LogP contribution in [0.4, 0.5) is 0 Å². The predicted molar refractivity (Wildman–Crippen MR) is 71.5 cm³/mol. The van der Waals surface area contributed by atoms with Gasteiger partial charge in [0.15, 0.2) is 6.17 Å². The molecule has 2 N–H and O–H groups in total. The second-order valence-corrected chi connectivity index (χ2v) is 3.51. The Balaban J connectivity index is 2.20. The van der Waals surface area contributed by atoms with E-state index in [-0.39, 0.29) is 6.17 Å². The molecule has 2 aromatic rings. The molecule has 90 valence electrons. The average Bonchev–Trinajstić information content (AvgIpc) is 2.45. The van der Waals surface area contributed by atoms with Crippen molar-refractivity contribution in [3.05, 3.63) is 60.2 Å². The summed E-state index contributed by atoms with van der Waals surface area (Å²) in [5, 5.41) is 0. The minimum absolute atomic E-state index is 0.342. The first-order valence-electron chi connectivity index (χ1n) is 5.46.